The van der Waals surface area contributed by atoms with Gasteiger partial charge in [-0.2, -0.15) is 0 Å². The average molecular weight is 1440 g/mol. The molecule has 2 heteroatoms. The second kappa shape index (κ2) is 23.1. The van der Waals surface area contributed by atoms with Gasteiger partial charge < -0.3 is 9.80 Å². The molecule has 0 heterocycles. The monoisotopic (exact) mass is 1440 g/mol. The van der Waals surface area contributed by atoms with Crippen LogP contribution in [0.5, 0.6) is 0 Å². The first-order valence-corrected chi connectivity index (χ1v) is 40.3. The largest absolute Gasteiger partial charge is 0.310 e. The third-order valence-electron chi connectivity index (χ3n) is 27.8. The molecule has 0 aliphatic heterocycles. The predicted octanol–water partition coefficient (Wildman–Crippen LogP) is 29.8. The van der Waals surface area contributed by atoms with Gasteiger partial charge in [0.1, 0.15) is 0 Å². The summed E-state index contributed by atoms with van der Waals surface area (Å²) in [5.41, 5.74) is 45.0. The Balaban J connectivity index is 0.651. The Labute approximate surface area is 659 Å². The Kier molecular flexibility index (Phi) is 13.8. The highest BCUT2D eigenvalue weighted by molar-refractivity contribution is 6.09. The summed E-state index contributed by atoms with van der Waals surface area (Å²) in [6.07, 6.45) is 0. The lowest BCUT2D eigenvalue weighted by atomic mass is 9.80. The van der Waals surface area contributed by atoms with Crippen LogP contribution in [0.3, 0.4) is 0 Å². The van der Waals surface area contributed by atoms with Gasteiger partial charge in [0.2, 0.25) is 0 Å². The number of para-hydroxylation sites is 2. The first-order valence-electron chi connectivity index (χ1n) is 40.3. The number of rotatable bonds is 9. The van der Waals surface area contributed by atoms with Gasteiger partial charge >= 0.3 is 0 Å². The highest BCUT2D eigenvalue weighted by Gasteiger charge is 2.45. The molecule has 22 rings (SSSR count). The highest BCUT2D eigenvalue weighted by atomic mass is 15.2. The van der Waals surface area contributed by atoms with E-state index in [1.807, 2.05) is 0 Å². The van der Waals surface area contributed by atoms with E-state index in [1.54, 1.807) is 0 Å². The molecular formula is C110H88N2. The Morgan fingerprint density at radius 1 is 0.179 bits per heavy atom. The Bertz CT molecular complexity index is 6840. The molecule has 16 aromatic carbocycles. The van der Waals surface area contributed by atoms with Gasteiger partial charge in [0.15, 0.2) is 0 Å². The van der Waals surface area contributed by atoms with Crippen molar-refractivity contribution in [1.29, 1.82) is 0 Å². The normalized spacial score (nSPS) is 15.9. The van der Waals surface area contributed by atoms with Gasteiger partial charge in [0.05, 0.1) is 11.4 Å². The minimum absolute atomic E-state index is 0.128. The van der Waals surface area contributed by atoms with E-state index in [-0.39, 0.29) is 32.5 Å². The SMILES string of the molecule is CC1(C)c2ccccc2-c2cc(N(c3ccc4c(c3)C(C)(C)c3cc(-c5ccc6c(c5)C(C)(C)c5ccc(N(c7ccc8c(c7)C(C)(C)c7ccccc7-8)c7ccccc7-c7cccc8c7-c7c(ccc9ccccc79)C8(C)C)cc5-6)ccc3-4)c3ccccc3-c3cccc4c3-c3ccc5ccccc5c3C4(C)C)ccc21. The molecule has 0 bridgehead atoms. The summed E-state index contributed by atoms with van der Waals surface area (Å²) in [5.74, 6) is 0. The van der Waals surface area contributed by atoms with Crippen LogP contribution in [0.4, 0.5) is 34.1 Å². The van der Waals surface area contributed by atoms with Crippen molar-refractivity contribution in [3.63, 3.8) is 0 Å². The maximum absolute atomic E-state index is 2.57. The third-order valence-corrected chi connectivity index (χ3v) is 27.8. The van der Waals surface area contributed by atoms with Gasteiger partial charge in [0.25, 0.3) is 0 Å². The van der Waals surface area contributed by atoms with Gasteiger partial charge in [-0.15, -0.1) is 0 Å². The zero-order chi connectivity index (χ0) is 76.0. The molecule has 0 saturated heterocycles. The molecule has 0 amide bonds. The quantitative estimate of drug-likeness (QED) is 0.142. The van der Waals surface area contributed by atoms with Crippen molar-refractivity contribution < 1.29 is 0 Å². The standard InChI is InChI=1S/C110H88N2/c1-105(2)89-38-22-18-32-76(89)86-61-69(49-57-90(86)105)111(99-41-23-19-33-81(99)83-35-25-39-92-101(83)85-53-43-66-28-14-16-30-74(66)104(85)110(92,11)12)72-48-55-79-77-51-44-67(59-95(77)109(9,10)98(79)64-72)68-45-52-80-87-62-70(50-58-91(87)107(5,6)96(80)60-68)112(71-47-54-78-75-31-17-21-37-88(75)106(3,4)97(78)63-71)100-42-24-20-34-82(100)84-36-26-40-93-103(84)102-73-29-15-13-27-65(73)46-56-94(102)108(93,7)8/h13-64H,1-12H3. The molecule has 0 N–H and O–H groups in total. The summed E-state index contributed by atoms with van der Waals surface area (Å²) < 4.78 is 0. The number of anilines is 6. The third kappa shape index (κ3) is 9.04. The Morgan fingerprint density at radius 3 is 1.05 bits per heavy atom. The van der Waals surface area contributed by atoms with Crippen LogP contribution in [0.15, 0.2) is 315 Å². The fraction of sp³-hybridized carbons (Fsp3) is 0.164. The van der Waals surface area contributed by atoms with Crippen molar-refractivity contribution in [3.8, 4) is 100 Å². The van der Waals surface area contributed by atoms with Crippen molar-refractivity contribution >= 4 is 55.7 Å². The molecule has 112 heavy (non-hydrogen) atoms. The van der Waals surface area contributed by atoms with Crippen molar-refractivity contribution in [2.24, 2.45) is 0 Å². The minimum Gasteiger partial charge on any atom is -0.310 e. The molecule has 0 saturated carbocycles. The van der Waals surface area contributed by atoms with Gasteiger partial charge in [-0.25, -0.2) is 0 Å². The molecule has 0 unspecified atom stereocenters. The predicted molar refractivity (Wildman–Crippen MR) is 473 cm³/mol. The molecule has 2 nitrogen and oxygen atoms in total. The van der Waals surface area contributed by atoms with Crippen LogP contribution < -0.4 is 9.80 Å². The van der Waals surface area contributed by atoms with E-state index in [1.165, 1.54) is 188 Å². The average Bonchev–Trinajstić information content (AvgIpc) is 1.55. The molecule has 538 valence electrons. The molecule has 0 fully saturated rings. The zero-order valence-corrected chi connectivity index (χ0v) is 65.9. The molecule has 0 radical (unpaired) electrons. The molecule has 6 aliphatic rings. The second-order valence-corrected chi connectivity index (χ2v) is 35.9. The van der Waals surface area contributed by atoms with Crippen LogP contribution in [-0.2, 0) is 32.5 Å². The molecule has 0 atom stereocenters. The molecule has 6 aliphatic carbocycles. The summed E-state index contributed by atoms with van der Waals surface area (Å²) in [5, 5.41) is 5.18. The number of hydrogen-bond donors (Lipinski definition) is 0. The first kappa shape index (κ1) is 66.6. The Morgan fingerprint density at radius 2 is 0.500 bits per heavy atom. The smallest absolute Gasteiger partial charge is 0.0540 e. The van der Waals surface area contributed by atoms with Gasteiger partial charge in [-0.1, -0.05) is 326 Å². The number of fused-ring (bicyclic) bond motifs is 22. The van der Waals surface area contributed by atoms with Crippen LogP contribution >= 0.6 is 0 Å². The summed E-state index contributed by atoms with van der Waals surface area (Å²) in [7, 11) is 0. The van der Waals surface area contributed by atoms with Gasteiger partial charge in [0, 0.05) is 66.4 Å². The van der Waals surface area contributed by atoms with E-state index in [0.717, 1.165) is 34.1 Å². The Hall–Kier alpha value is -12.4. The fourth-order valence-corrected chi connectivity index (χ4v) is 22.1. The molecule has 0 aromatic heterocycles. The van der Waals surface area contributed by atoms with Crippen LogP contribution in [0.1, 0.15) is 150 Å². The van der Waals surface area contributed by atoms with Gasteiger partial charge in [-0.05, 0) is 250 Å². The number of benzene rings is 16. The van der Waals surface area contributed by atoms with Crippen molar-refractivity contribution in [2.45, 2.75) is 116 Å². The lowest BCUT2D eigenvalue weighted by Gasteiger charge is -2.31. The van der Waals surface area contributed by atoms with Gasteiger partial charge in [-0.3, -0.25) is 0 Å². The van der Waals surface area contributed by atoms with E-state index in [0.29, 0.717) is 0 Å². The maximum atomic E-state index is 2.57. The highest BCUT2D eigenvalue weighted by Crippen LogP contribution is 2.62. The van der Waals surface area contributed by atoms with Crippen LogP contribution in [0, 0.1) is 0 Å². The number of hydrogen-bond acceptors (Lipinski definition) is 2. The molecule has 0 spiro atoms. The summed E-state index contributed by atoms with van der Waals surface area (Å²) in [6.45, 7) is 29.0. The van der Waals surface area contributed by atoms with E-state index in [4.69, 9.17) is 0 Å². The fourth-order valence-electron chi connectivity index (χ4n) is 22.1. The van der Waals surface area contributed by atoms with Crippen LogP contribution in [0.2, 0.25) is 0 Å². The topological polar surface area (TPSA) is 6.48 Å². The summed E-state index contributed by atoms with van der Waals surface area (Å²) >= 11 is 0. The van der Waals surface area contributed by atoms with E-state index in [2.05, 4.69) is 408 Å². The molecular weight excluding hydrogens is 1350 g/mol. The van der Waals surface area contributed by atoms with E-state index in [9.17, 15) is 0 Å². The minimum atomic E-state index is -0.331. The van der Waals surface area contributed by atoms with E-state index >= 15 is 0 Å². The second-order valence-electron chi connectivity index (χ2n) is 35.9. The van der Waals surface area contributed by atoms with Crippen molar-refractivity contribution in [2.75, 3.05) is 9.80 Å². The zero-order valence-electron chi connectivity index (χ0n) is 65.9. The summed E-state index contributed by atoms with van der Waals surface area (Å²) in [4.78, 5) is 5.15. The lowest BCUT2D eigenvalue weighted by Crippen LogP contribution is -2.17. The van der Waals surface area contributed by atoms with Crippen molar-refractivity contribution in [3.05, 3.63) is 382 Å². The van der Waals surface area contributed by atoms with Crippen LogP contribution in [0.25, 0.3) is 122 Å². The van der Waals surface area contributed by atoms with E-state index < -0.39 is 0 Å². The number of nitrogens with zero attached hydrogens (tertiary/aromatic N) is 2. The first-order chi connectivity index (χ1) is 54.1. The van der Waals surface area contributed by atoms with Crippen LogP contribution in [-0.4, -0.2) is 0 Å². The van der Waals surface area contributed by atoms with Crippen molar-refractivity contribution in [1.82, 2.24) is 0 Å². The summed E-state index contributed by atoms with van der Waals surface area (Å²) in [6, 6.07) is 122. The maximum Gasteiger partial charge on any atom is 0.0540 e. The molecule has 16 aromatic rings. The lowest BCUT2D eigenvalue weighted by molar-refractivity contribution is 0.659.